The molecule has 0 bridgehead atoms. The summed E-state index contributed by atoms with van der Waals surface area (Å²) in [6.45, 7) is 1.76. The molecule has 0 aromatic heterocycles. The first-order chi connectivity index (χ1) is 9.06. The highest BCUT2D eigenvalue weighted by molar-refractivity contribution is 9.10. The number of amides is 3. The second-order valence-corrected chi connectivity index (χ2v) is 4.62. The zero-order chi connectivity index (χ0) is 14.3. The van der Waals surface area contributed by atoms with Gasteiger partial charge in [-0.05, 0) is 17.7 Å². The molecule has 1 rings (SSSR count). The average Bonchev–Trinajstić information content (AvgIpc) is 2.37. The van der Waals surface area contributed by atoms with E-state index >= 15 is 0 Å². The predicted molar refractivity (Wildman–Crippen MR) is 78.1 cm³/mol. The Morgan fingerprint density at radius 2 is 2.11 bits per heavy atom. The van der Waals surface area contributed by atoms with E-state index in [9.17, 15) is 9.59 Å². The number of rotatable bonds is 4. The minimum absolute atomic E-state index is 0.198. The maximum absolute atomic E-state index is 11.7. The molecule has 0 heterocycles. The molecule has 0 atom stereocenters. The average molecular weight is 326 g/mol. The lowest BCUT2D eigenvalue weighted by molar-refractivity contribution is -0.125. The molecule has 0 aliphatic carbocycles. The summed E-state index contributed by atoms with van der Waals surface area (Å²) in [5, 5.41) is 2.53. The summed E-state index contributed by atoms with van der Waals surface area (Å²) in [6, 6.07) is 7.11. The van der Waals surface area contributed by atoms with Crippen LogP contribution in [0, 0.1) is 0 Å². The van der Waals surface area contributed by atoms with Crippen molar-refractivity contribution in [1.29, 1.82) is 0 Å². The van der Waals surface area contributed by atoms with Gasteiger partial charge >= 0.3 is 6.03 Å². The van der Waals surface area contributed by atoms with Gasteiger partial charge in [-0.25, -0.2) is 4.79 Å². The first kappa shape index (κ1) is 15.4. The Kier molecular flexibility index (Phi) is 6.24. The molecule has 3 amide bonds. The van der Waals surface area contributed by atoms with E-state index in [1.807, 2.05) is 24.3 Å². The fraction of sp³-hybridized carbons (Fsp3) is 0.231. The lowest BCUT2D eigenvalue weighted by atomic mass is 10.2. The second-order valence-electron chi connectivity index (χ2n) is 3.76. The third-order valence-corrected chi connectivity index (χ3v) is 3.08. The van der Waals surface area contributed by atoms with Crippen molar-refractivity contribution in [3.8, 4) is 0 Å². The minimum Gasteiger partial charge on any atom is -0.329 e. The first-order valence-corrected chi connectivity index (χ1v) is 6.55. The first-order valence-electron chi connectivity index (χ1n) is 5.76. The number of carbonyl (C=O) groups is 2. The van der Waals surface area contributed by atoms with Crippen LogP contribution in [0.4, 0.5) is 4.79 Å². The van der Waals surface area contributed by atoms with E-state index in [0.717, 1.165) is 14.9 Å². The van der Waals surface area contributed by atoms with Gasteiger partial charge in [-0.2, -0.15) is 0 Å². The molecule has 6 heteroatoms. The van der Waals surface area contributed by atoms with Crippen molar-refractivity contribution in [3.05, 3.63) is 40.5 Å². The number of benzene rings is 1. The summed E-state index contributed by atoms with van der Waals surface area (Å²) >= 11 is 3.40. The molecule has 0 unspecified atom stereocenters. The largest absolute Gasteiger partial charge is 0.329 e. The van der Waals surface area contributed by atoms with Crippen LogP contribution in [0.25, 0.3) is 6.08 Å². The van der Waals surface area contributed by atoms with Gasteiger partial charge in [-0.3, -0.25) is 9.69 Å². The highest BCUT2D eigenvalue weighted by Gasteiger charge is 2.15. The second kappa shape index (κ2) is 7.70. The maximum Gasteiger partial charge on any atom is 0.328 e. The molecule has 0 spiro atoms. The predicted octanol–water partition coefficient (Wildman–Crippen LogP) is 1.94. The number of nitrogens with two attached hydrogens (primary N) is 1. The molecule has 1 aromatic rings. The van der Waals surface area contributed by atoms with Gasteiger partial charge in [0.25, 0.3) is 0 Å². The number of nitrogens with zero attached hydrogens (tertiary/aromatic N) is 1. The molecular formula is C13H16BrN3O2. The van der Waals surface area contributed by atoms with Crippen molar-refractivity contribution in [1.82, 2.24) is 10.2 Å². The van der Waals surface area contributed by atoms with Crippen LogP contribution in [0.5, 0.6) is 0 Å². The Labute approximate surface area is 120 Å². The smallest absolute Gasteiger partial charge is 0.328 e. The quantitative estimate of drug-likeness (QED) is 0.888. The van der Waals surface area contributed by atoms with Gasteiger partial charge in [0.2, 0.25) is 5.91 Å². The van der Waals surface area contributed by atoms with E-state index in [-0.39, 0.29) is 19.0 Å². The van der Waals surface area contributed by atoms with Crippen LogP contribution >= 0.6 is 15.9 Å². The fourth-order valence-corrected chi connectivity index (χ4v) is 1.84. The van der Waals surface area contributed by atoms with Crippen LogP contribution in [0.2, 0.25) is 0 Å². The monoisotopic (exact) mass is 325 g/mol. The Morgan fingerprint density at radius 1 is 1.42 bits per heavy atom. The minimum atomic E-state index is -0.485. The molecule has 0 fully saturated rings. The van der Waals surface area contributed by atoms with Crippen LogP contribution < -0.4 is 11.1 Å². The zero-order valence-corrected chi connectivity index (χ0v) is 12.2. The zero-order valence-electron chi connectivity index (χ0n) is 10.6. The third-order valence-electron chi connectivity index (χ3n) is 2.35. The van der Waals surface area contributed by atoms with Crippen molar-refractivity contribution < 1.29 is 9.59 Å². The van der Waals surface area contributed by atoms with E-state index in [4.69, 9.17) is 5.73 Å². The van der Waals surface area contributed by atoms with Gasteiger partial charge in [0.1, 0.15) is 0 Å². The summed E-state index contributed by atoms with van der Waals surface area (Å²) in [7, 11) is 0. The number of urea groups is 1. The Bertz CT molecular complexity index is 489. The van der Waals surface area contributed by atoms with Crippen molar-refractivity contribution in [2.75, 3.05) is 13.1 Å². The van der Waals surface area contributed by atoms with E-state index in [2.05, 4.69) is 21.2 Å². The number of hydrogen-bond acceptors (Lipinski definition) is 3. The number of nitrogens with one attached hydrogen (secondary N) is 1. The summed E-state index contributed by atoms with van der Waals surface area (Å²) in [4.78, 5) is 24.0. The Balaban J connectivity index is 2.63. The van der Waals surface area contributed by atoms with Crippen LogP contribution in [0.1, 0.15) is 12.5 Å². The standard InChI is InChI=1S/C13H16BrN3O2/c1-10(18)17(9-7-15)13(19)16-8-6-11-4-2-3-5-12(11)14/h2-6,8H,7,9,15H2,1H3,(H,16,19)/b8-6+. The van der Waals surface area contributed by atoms with Crippen molar-refractivity contribution >= 4 is 33.9 Å². The number of halogens is 1. The summed E-state index contributed by atoms with van der Waals surface area (Å²) in [5.74, 6) is -0.336. The fourth-order valence-electron chi connectivity index (χ4n) is 1.42. The molecule has 0 saturated heterocycles. The van der Waals surface area contributed by atoms with Crippen LogP contribution in [0.15, 0.2) is 34.9 Å². The molecule has 3 N–H and O–H groups in total. The lowest BCUT2D eigenvalue weighted by Gasteiger charge is -2.17. The summed E-state index contributed by atoms with van der Waals surface area (Å²) < 4.78 is 0.922. The van der Waals surface area contributed by atoms with Gasteiger partial charge in [0.15, 0.2) is 0 Å². The van der Waals surface area contributed by atoms with Crippen LogP contribution in [-0.4, -0.2) is 29.9 Å². The molecule has 0 aliphatic heterocycles. The molecule has 0 saturated carbocycles. The Hall–Kier alpha value is -1.66. The molecule has 102 valence electrons. The maximum atomic E-state index is 11.7. The van der Waals surface area contributed by atoms with E-state index in [1.165, 1.54) is 13.1 Å². The van der Waals surface area contributed by atoms with Crippen LogP contribution in [0.3, 0.4) is 0 Å². The molecule has 0 aliphatic rings. The lowest BCUT2D eigenvalue weighted by Crippen LogP contribution is -2.43. The van der Waals surface area contributed by atoms with Gasteiger partial charge in [0, 0.05) is 30.7 Å². The van der Waals surface area contributed by atoms with Gasteiger partial charge in [-0.15, -0.1) is 0 Å². The molecule has 1 aromatic carbocycles. The highest BCUT2D eigenvalue weighted by atomic mass is 79.9. The van der Waals surface area contributed by atoms with Crippen molar-refractivity contribution in [2.45, 2.75) is 6.92 Å². The van der Waals surface area contributed by atoms with Gasteiger partial charge in [-0.1, -0.05) is 34.1 Å². The molecule has 19 heavy (non-hydrogen) atoms. The van der Waals surface area contributed by atoms with Crippen LogP contribution in [-0.2, 0) is 4.79 Å². The molecule has 0 radical (unpaired) electrons. The van der Waals surface area contributed by atoms with E-state index in [1.54, 1.807) is 6.08 Å². The summed E-state index contributed by atoms with van der Waals surface area (Å²) in [5.41, 5.74) is 6.27. The number of hydrogen-bond donors (Lipinski definition) is 2. The van der Waals surface area contributed by atoms with E-state index < -0.39 is 6.03 Å². The highest BCUT2D eigenvalue weighted by Crippen LogP contribution is 2.16. The van der Waals surface area contributed by atoms with Crippen molar-refractivity contribution in [3.63, 3.8) is 0 Å². The van der Waals surface area contributed by atoms with Gasteiger partial charge in [0.05, 0.1) is 0 Å². The molecular weight excluding hydrogens is 310 g/mol. The van der Waals surface area contributed by atoms with E-state index in [0.29, 0.717) is 0 Å². The number of imide groups is 1. The van der Waals surface area contributed by atoms with Crippen molar-refractivity contribution in [2.24, 2.45) is 5.73 Å². The summed E-state index contributed by atoms with van der Waals surface area (Å²) in [6.07, 6.45) is 3.23. The topological polar surface area (TPSA) is 75.4 Å². The molecule has 5 nitrogen and oxygen atoms in total. The van der Waals surface area contributed by atoms with Gasteiger partial charge < -0.3 is 11.1 Å². The SMILES string of the molecule is CC(=O)N(CCN)C(=O)N/C=C/c1ccccc1Br. The Morgan fingerprint density at radius 3 is 2.68 bits per heavy atom. The number of carbonyl (C=O) groups excluding carboxylic acids is 2. The normalized spacial score (nSPS) is 10.5. The third kappa shape index (κ3) is 4.84.